The Morgan fingerprint density at radius 3 is 1.62 bits per heavy atom. The maximum atomic E-state index is 6.59. The fraction of sp³-hybridized carbons (Fsp3) is 0. The maximum absolute atomic E-state index is 6.59. The lowest BCUT2D eigenvalue weighted by molar-refractivity contribution is 0.668. The van der Waals surface area contributed by atoms with Crippen molar-refractivity contribution >= 4 is 43.9 Å². The minimum Gasteiger partial charge on any atom is -0.456 e. The molecule has 0 saturated carbocycles. The molecule has 0 fully saturated rings. The highest BCUT2D eigenvalue weighted by Gasteiger charge is 2.18. The zero-order chi connectivity index (χ0) is 33.0. The number of benzene rings is 7. The van der Waals surface area contributed by atoms with Gasteiger partial charge in [-0.25, -0.2) is 15.0 Å². The molecule has 0 spiro atoms. The Labute approximate surface area is 287 Å². The smallest absolute Gasteiger partial charge is 0.164 e. The first-order valence-electron chi connectivity index (χ1n) is 16.6. The molecule has 7 aromatic carbocycles. The van der Waals surface area contributed by atoms with Gasteiger partial charge in [0.15, 0.2) is 17.5 Å². The van der Waals surface area contributed by atoms with E-state index in [9.17, 15) is 0 Å². The van der Waals surface area contributed by atoms with Gasteiger partial charge in [-0.3, -0.25) is 0 Å². The van der Waals surface area contributed by atoms with Crippen molar-refractivity contribution in [3.05, 3.63) is 164 Å². The predicted molar refractivity (Wildman–Crippen MR) is 202 cm³/mol. The van der Waals surface area contributed by atoms with Gasteiger partial charge < -0.3 is 8.83 Å². The number of para-hydroxylation sites is 1. The highest BCUT2D eigenvalue weighted by Crippen LogP contribution is 2.42. The minimum absolute atomic E-state index is 0.590. The first-order valence-corrected chi connectivity index (χ1v) is 16.6. The van der Waals surface area contributed by atoms with Crippen LogP contribution in [-0.4, -0.2) is 15.0 Å². The van der Waals surface area contributed by atoms with Crippen LogP contribution in [0.2, 0.25) is 0 Å². The molecule has 0 amide bonds. The summed E-state index contributed by atoms with van der Waals surface area (Å²) in [4.78, 5) is 14.7. The normalized spacial score (nSPS) is 11.6. The molecule has 5 nitrogen and oxygen atoms in total. The van der Waals surface area contributed by atoms with Crippen LogP contribution >= 0.6 is 0 Å². The van der Waals surface area contributed by atoms with E-state index in [2.05, 4.69) is 78.9 Å². The Morgan fingerprint density at radius 1 is 0.320 bits per heavy atom. The fourth-order valence-electron chi connectivity index (χ4n) is 6.95. The highest BCUT2D eigenvalue weighted by molar-refractivity contribution is 6.16. The monoisotopic (exact) mass is 641 g/mol. The average molecular weight is 642 g/mol. The van der Waals surface area contributed by atoms with E-state index in [1.807, 2.05) is 84.9 Å². The van der Waals surface area contributed by atoms with Crippen LogP contribution in [0.25, 0.3) is 100 Å². The molecule has 234 valence electrons. The maximum Gasteiger partial charge on any atom is 0.164 e. The Kier molecular flexibility index (Phi) is 6.42. The summed E-state index contributed by atoms with van der Waals surface area (Å²) in [5, 5.41) is 4.28. The molecule has 3 aromatic heterocycles. The van der Waals surface area contributed by atoms with Crippen molar-refractivity contribution in [2.24, 2.45) is 0 Å². The molecular formula is C45H27N3O2. The number of hydrogen-bond acceptors (Lipinski definition) is 5. The highest BCUT2D eigenvalue weighted by atomic mass is 16.3. The van der Waals surface area contributed by atoms with Gasteiger partial charge in [0.2, 0.25) is 0 Å². The van der Waals surface area contributed by atoms with Crippen LogP contribution in [0.4, 0.5) is 0 Å². The van der Waals surface area contributed by atoms with Gasteiger partial charge in [0, 0.05) is 43.8 Å². The molecule has 3 heterocycles. The summed E-state index contributed by atoms with van der Waals surface area (Å²) in [7, 11) is 0. The summed E-state index contributed by atoms with van der Waals surface area (Å²) in [6.45, 7) is 0. The van der Waals surface area contributed by atoms with E-state index in [-0.39, 0.29) is 0 Å². The lowest BCUT2D eigenvalue weighted by Crippen LogP contribution is -2.00. The van der Waals surface area contributed by atoms with Crippen LogP contribution in [0.3, 0.4) is 0 Å². The SMILES string of the molecule is c1ccc(-c2nc(-c3ccccc3)nc(-c3ccc4c(c3)oc3ccc(-c5cccc6c5oc5cccc(-c7ccccc7)c56)cc34)n2)cc1. The van der Waals surface area contributed by atoms with Gasteiger partial charge in [0.1, 0.15) is 22.3 Å². The Balaban J connectivity index is 1.09. The molecule has 0 unspecified atom stereocenters. The molecule has 5 heteroatoms. The van der Waals surface area contributed by atoms with Crippen molar-refractivity contribution in [3.8, 4) is 56.4 Å². The van der Waals surface area contributed by atoms with Crippen molar-refractivity contribution in [1.82, 2.24) is 15.0 Å². The summed E-state index contributed by atoms with van der Waals surface area (Å²) >= 11 is 0. The number of furan rings is 2. The Bertz CT molecular complexity index is 2800. The van der Waals surface area contributed by atoms with Crippen molar-refractivity contribution in [2.45, 2.75) is 0 Å². The largest absolute Gasteiger partial charge is 0.456 e. The fourth-order valence-corrected chi connectivity index (χ4v) is 6.95. The van der Waals surface area contributed by atoms with E-state index >= 15 is 0 Å². The van der Waals surface area contributed by atoms with Crippen molar-refractivity contribution < 1.29 is 8.83 Å². The topological polar surface area (TPSA) is 65.0 Å². The molecule has 10 aromatic rings. The van der Waals surface area contributed by atoms with Crippen molar-refractivity contribution in [2.75, 3.05) is 0 Å². The van der Waals surface area contributed by atoms with Crippen LogP contribution in [-0.2, 0) is 0 Å². The summed E-state index contributed by atoms with van der Waals surface area (Å²) in [5.74, 6) is 1.84. The second-order valence-corrected chi connectivity index (χ2v) is 12.4. The second-order valence-electron chi connectivity index (χ2n) is 12.4. The lowest BCUT2D eigenvalue weighted by atomic mass is 9.97. The predicted octanol–water partition coefficient (Wildman–Crippen LogP) is 12.0. The molecule has 0 N–H and O–H groups in total. The summed E-state index contributed by atoms with van der Waals surface area (Å²) in [5.41, 5.74) is 10.5. The first-order chi connectivity index (χ1) is 24.8. The molecule has 0 aliphatic carbocycles. The van der Waals surface area contributed by atoms with Gasteiger partial charge in [0.05, 0.1) is 0 Å². The molecule has 0 atom stereocenters. The molecule has 0 bridgehead atoms. The number of aromatic nitrogens is 3. The standard InChI is InChI=1S/C45H27N3O2/c1-4-12-28(13-5-1)33-18-11-21-39-41(33)36-20-10-19-34(42(36)50-39)31-23-25-38-37(26-31)35-24-22-32(27-40(35)49-38)45-47-43(29-14-6-2-7-15-29)46-44(48-45)30-16-8-3-9-17-30/h1-27H. The van der Waals surface area contributed by atoms with Gasteiger partial charge in [0.25, 0.3) is 0 Å². The van der Waals surface area contributed by atoms with Crippen molar-refractivity contribution in [1.29, 1.82) is 0 Å². The average Bonchev–Trinajstić information content (AvgIpc) is 3.76. The zero-order valence-electron chi connectivity index (χ0n) is 26.7. The zero-order valence-corrected chi connectivity index (χ0v) is 26.7. The van der Waals surface area contributed by atoms with E-state index in [1.54, 1.807) is 0 Å². The number of fused-ring (bicyclic) bond motifs is 6. The molecule has 0 saturated heterocycles. The van der Waals surface area contributed by atoms with E-state index in [1.165, 1.54) is 5.56 Å². The molecule has 0 aliphatic rings. The molecule has 0 radical (unpaired) electrons. The quantitative estimate of drug-likeness (QED) is 0.187. The van der Waals surface area contributed by atoms with Crippen LogP contribution in [0.1, 0.15) is 0 Å². The van der Waals surface area contributed by atoms with E-state index < -0.39 is 0 Å². The third-order valence-corrected chi connectivity index (χ3v) is 9.35. The van der Waals surface area contributed by atoms with E-state index in [4.69, 9.17) is 23.8 Å². The van der Waals surface area contributed by atoms with E-state index in [0.29, 0.717) is 17.5 Å². The molecular weight excluding hydrogens is 615 g/mol. The number of hydrogen-bond donors (Lipinski definition) is 0. The summed E-state index contributed by atoms with van der Waals surface area (Å²) in [6.07, 6.45) is 0. The summed E-state index contributed by atoms with van der Waals surface area (Å²) < 4.78 is 13.0. The van der Waals surface area contributed by atoms with Crippen LogP contribution in [0, 0.1) is 0 Å². The minimum atomic E-state index is 0.590. The van der Waals surface area contributed by atoms with Crippen LogP contribution in [0.15, 0.2) is 173 Å². The Morgan fingerprint density at radius 2 is 0.920 bits per heavy atom. The first kappa shape index (κ1) is 28.2. The van der Waals surface area contributed by atoms with Gasteiger partial charge in [-0.2, -0.15) is 0 Å². The van der Waals surface area contributed by atoms with Gasteiger partial charge in [-0.15, -0.1) is 0 Å². The van der Waals surface area contributed by atoms with E-state index in [0.717, 1.165) is 77.3 Å². The third-order valence-electron chi connectivity index (χ3n) is 9.35. The molecule has 50 heavy (non-hydrogen) atoms. The molecule has 0 aliphatic heterocycles. The number of rotatable bonds is 5. The Hall–Kier alpha value is -6.85. The third kappa shape index (κ3) is 4.67. The number of nitrogens with zero attached hydrogens (tertiary/aromatic N) is 3. The van der Waals surface area contributed by atoms with Crippen molar-refractivity contribution in [3.63, 3.8) is 0 Å². The second kappa shape index (κ2) is 11.4. The van der Waals surface area contributed by atoms with Crippen LogP contribution in [0.5, 0.6) is 0 Å². The van der Waals surface area contributed by atoms with Gasteiger partial charge in [-0.1, -0.05) is 133 Å². The lowest BCUT2D eigenvalue weighted by Gasteiger charge is -2.08. The van der Waals surface area contributed by atoms with Gasteiger partial charge >= 0.3 is 0 Å². The summed E-state index contributed by atoms with van der Waals surface area (Å²) in [6, 6.07) is 55.7. The van der Waals surface area contributed by atoms with Crippen LogP contribution < -0.4 is 0 Å². The molecule has 10 rings (SSSR count). The van der Waals surface area contributed by atoms with Gasteiger partial charge in [-0.05, 0) is 47.0 Å².